The number of nitrogens with one attached hydrogen (secondary N) is 1. The minimum absolute atomic E-state index is 0.206. The fourth-order valence-corrected chi connectivity index (χ4v) is 3.04. The quantitative estimate of drug-likeness (QED) is 0.759. The van der Waals surface area contributed by atoms with E-state index in [1.165, 1.54) is 0 Å². The van der Waals surface area contributed by atoms with Crippen molar-refractivity contribution in [3.63, 3.8) is 0 Å². The lowest BCUT2D eigenvalue weighted by molar-refractivity contribution is -0.149. The maximum absolute atomic E-state index is 12.2. The molecule has 110 valence electrons. The molecule has 1 unspecified atom stereocenters. The Bertz CT molecular complexity index is 532. The predicted molar refractivity (Wildman–Crippen MR) is 83.4 cm³/mol. The van der Waals surface area contributed by atoms with Gasteiger partial charge in [-0.2, -0.15) is 0 Å². The number of aliphatic carboxylic acids is 1. The van der Waals surface area contributed by atoms with Crippen LogP contribution in [0.2, 0.25) is 10.0 Å². The molecular formula is C13H14BrCl2NO3. The molecule has 2 N–H and O–H groups in total. The largest absolute Gasteiger partial charge is 0.481 e. The first-order chi connectivity index (χ1) is 9.04. The maximum Gasteiger partial charge on any atom is 0.316 e. The Hall–Kier alpha value is -0.780. The van der Waals surface area contributed by atoms with Crippen LogP contribution in [0.25, 0.3) is 0 Å². The van der Waals surface area contributed by atoms with Gasteiger partial charge in [-0.3, -0.25) is 9.59 Å². The Labute approximate surface area is 135 Å². The molecule has 0 heterocycles. The summed E-state index contributed by atoms with van der Waals surface area (Å²) >= 11 is 15.2. The van der Waals surface area contributed by atoms with Crippen LogP contribution in [0, 0.1) is 11.3 Å². The molecule has 1 amide bonds. The second-order valence-corrected chi connectivity index (χ2v) is 7.10. The lowest BCUT2D eigenvalue weighted by Crippen LogP contribution is -2.39. The van der Waals surface area contributed by atoms with Gasteiger partial charge < -0.3 is 10.4 Å². The van der Waals surface area contributed by atoms with Crippen LogP contribution in [0.5, 0.6) is 0 Å². The molecule has 0 spiro atoms. The SMILES string of the molecule is CC(C)(C)C(C(=O)O)C(=O)Nc1c(Cl)cc(Br)cc1Cl. The van der Waals surface area contributed by atoms with E-state index in [1.54, 1.807) is 32.9 Å². The van der Waals surface area contributed by atoms with Gasteiger partial charge in [-0.1, -0.05) is 59.9 Å². The van der Waals surface area contributed by atoms with E-state index in [0.717, 1.165) is 0 Å². The molecule has 0 fully saturated rings. The number of rotatable bonds is 3. The summed E-state index contributed by atoms with van der Waals surface area (Å²) in [5.74, 6) is -3.06. The molecule has 7 heteroatoms. The summed E-state index contributed by atoms with van der Waals surface area (Å²) in [6.45, 7) is 5.03. The molecule has 0 aliphatic heterocycles. The zero-order valence-electron chi connectivity index (χ0n) is 11.1. The zero-order chi connectivity index (χ0) is 15.7. The number of halogens is 3. The van der Waals surface area contributed by atoms with Crippen molar-refractivity contribution in [3.8, 4) is 0 Å². The summed E-state index contributed by atoms with van der Waals surface area (Å²) in [6, 6.07) is 3.13. The van der Waals surface area contributed by atoms with E-state index in [2.05, 4.69) is 21.2 Å². The maximum atomic E-state index is 12.2. The van der Waals surface area contributed by atoms with Crippen molar-refractivity contribution in [2.45, 2.75) is 20.8 Å². The number of carboxylic acid groups (broad SMARTS) is 1. The molecule has 0 radical (unpaired) electrons. The Balaban J connectivity index is 3.10. The van der Waals surface area contributed by atoms with Crippen molar-refractivity contribution in [3.05, 3.63) is 26.7 Å². The van der Waals surface area contributed by atoms with E-state index in [-0.39, 0.29) is 15.7 Å². The predicted octanol–water partition coefficient (Wildman–Crippen LogP) is 4.44. The van der Waals surface area contributed by atoms with E-state index in [9.17, 15) is 14.7 Å². The van der Waals surface area contributed by atoms with Gasteiger partial charge in [0.15, 0.2) is 0 Å². The second kappa shape index (κ2) is 6.33. The summed E-state index contributed by atoms with van der Waals surface area (Å²) in [4.78, 5) is 23.4. The Morgan fingerprint density at radius 1 is 1.25 bits per heavy atom. The third kappa shape index (κ3) is 4.11. The van der Waals surface area contributed by atoms with E-state index < -0.39 is 23.2 Å². The number of carbonyl (C=O) groups excluding carboxylic acids is 1. The Morgan fingerprint density at radius 2 is 1.70 bits per heavy atom. The van der Waals surface area contributed by atoms with Gasteiger partial charge in [-0.25, -0.2) is 0 Å². The number of anilines is 1. The van der Waals surface area contributed by atoms with Crippen molar-refractivity contribution in [1.82, 2.24) is 0 Å². The highest BCUT2D eigenvalue weighted by molar-refractivity contribution is 9.10. The third-order valence-corrected chi connectivity index (χ3v) is 3.68. The number of carbonyl (C=O) groups is 2. The van der Waals surface area contributed by atoms with Crippen LogP contribution in [0.4, 0.5) is 5.69 Å². The van der Waals surface area contributed by atoms with Crippen LogP contribution in [0.3, 0.4) is 0 Å². The lowest BCUT2D eigenvalue weighted by Gasteiger charge is -2.26. The fraction of sp³-hybridized carbons (Fsp3) is 0.385. The van der Waals surface area contributed by atoms with Gasteiger partial charge in [0.2, 0.25) is 5.91 Å². The molecule has 1 aromatic rings. The molecule has 0 aromatic heterocycles. The standard InChI is InChI=1S/C13H14BrCl2NO3/c1-13(2,3)9(12(19)20)11(18)17-10-7(15)4-6(14)5-8(10)16/h4-5,9H,1-3H3,(H,17,18)(H,19,20). The van der Waals surface area contributed by atoms with Crippen molar-refractivity contribution >= 4 is 56.7 Å². The van der Waals surface area contributed by atoms with E-state index >= 15 is 0 Å². The summed E-state index contributed by atoms with van der Waals surface area (Å²) < 4.78 is 0.663. The first kappa shape index (κ1) is 17.3. The topological polar surface area (TPSA) is 66.4 Å². The molecule has 4 nitrogen and oxygen atoms in total. The van der Waals surface area contributed by atoms with E-state index in [1.807, 2.05) is 0 Å². The second-order valence-electron chi connectivity index (χ2n) is 5.37. The number of amides is 1. The fourth-order valence-electron chi connectivity index (χ4n) is 1.73. The minimum Gasteiger partial charge on any atom is -0.481 e. The van der Waals surface area contributed by atoms with Crippen molar-refractivity contribution < 1.29 is 14.7 Å². The summed E-state index contributed by atoms with van der Waals surface area (Å²) in [7, 11) is 0. The smallest absolute Gasteiger partial charge is 0.316 e. The molecule has 1 atom stereocenters. The normalized spacial score (nSPS) is 12.9. The van der Waals surface area contributed by atoms with Gasteiger partial charge in [0.1, 0.15) is 5.92 Å². The molecular weight excluding hydrogens is 369 g/mol. The summed E-state index contributed by atoms with van der Waals surface area (Å²) in [6.07, 6.45) is 0. The first-order valence-corrected chi connectivity index (χ1v) is 7.27. The highest BCUT2D eigenvalue weighted by Crippen LogP contribution is 2.35. The zero-order valence-corrected chi connectivity index (χ0v) is 14.2. The average Bonchev–Trinajstić information content (AvgIpc) is 2.20. The van der Waals surface area contributed by atoms with Crippen molar-refractivity contribution in [1.29, 1.82) is 0 Å². The molecule has 0 bridgehead atoms. The van der Waals surface area contributed by atoms with Gasteiger partial charge in [-0.15, -0.1) is 0 Å². The molecule has 1 rings (SSSR count). The van der Waals surface area contributed by atoms with Crippen LogP contribution >= 0.6 is 39.1 Å². The van der Waals surface area contributed by atoms with Crippen molar-refractivity contribution in [2.75, 3.05) is 5.32 Å². The van der Waals surface area contributed by atoms with E-state index in [4.69, 9.17) is 23.2 Å². The monoisotopic (exact) mass is 381 g/mol. The Kier molecular flexibility index (Phi) is 5.46. The highest BCUT2D eigenvalue weighted by atomic mass is 79.9. The lowest BCUT2D eigenvalue weighted by atomic mass is 9.80. The molecule has 1 aromatic carbocycles. The molecule has 0 aliphatic carbocycles. The third-order valence-electron chi connectivity index (χ3n) is 2.63. The first-order valence-electron chi connectivity index (χ1n) is 5.72. The molecule has 20 heavy (non-hydrogen) atoms. The molecule has 0 saturated heterocycles. The van der Waals surface area contributed by atoms with Crippen LogP contribution in [0.1, 0.15) is 20.8 Å². The average molecular weight is 383 g/mol. The van der Waals surface area contributed by atoms with Crippen LogP contribution in [0.15, 0.2) is 16.6 Å². The van der Waals surface area contributed by atoms with Gasteiger partial charge >= 0.3 is 5.97 Å². The minimum atomic E-state index is -1.21. The van der Waals surface area contributed by atoms with Crippen molar-refractivity contribution in [2.24, 2.45) is 11.3 Å². The Morgan fingerprint density at radius 3 is 2.05 bits per heavy atom. The van der Waals surface area contributed by atoms with Crippen LogP contribution in [-0.2, 0) is 9.59 Å². The van der Waals surface area contributed by atoms with Crippen LogP contribution in [-0.4, -0.2) is 17.0 Å². The van der Waals surface area contributed by atoms with Gasteiger partial charge in [-0.05, 0) is 17.5 Å². The number of hydrogen-bond donors (Lipinski definition) is 2. The summed E-state index contributed by atoms with van der Waals surface area (Å²) in [5, 5.41) is 12.2. The van der Waals surface area contributed by atoms with Gasteiger partial charge in [0.25, 0.3) is 0 Å². The number of benzene rings is 1. The van der Waals surface area contributed by atoms with Gasteiger partial charge in [0, 0.05) is 4.47 Å². The number of carboxylic acids is 1. The number of hydrogen-bond acceptors (Lipinski definition) is 2. The molecule has 0 saturated carbocycles. The van der Waals surface area contributed by atoms with E-state index in [0.29, 0.717) is 4.47 Å². The van der Waals surface area contributed by atoms with Crippen LogP contribution < -0.4 is 5.32 Å². The van der Waals surface area contributed by atoms with Gasteiger partial charge in [0.05, 0.1) is 15.7 Å². The summed E-state index contributed by atoms with van der Waals surface area (Å²) in [5.41, 5.74) is -0.526. The highest BCUT2D eigenvalue weighted by Gasteiger charge is 2.38. The molecule has 0 aliphatic rings.